The lowest BCUT2D eigenvalue weighted by molar-refractivity contribution is -0.127. The zero-order valence-corrected chi connectivity index (χ0v) is 16.8. The van der Waals surface area contributed by atoms with Crippen molar-refractivity contribution >= 4 is 17.5 Å². The van der Waals surface area contributed by atoms with Crippen LogP contribution in [0.4, 0.5) is 5.69 Å². The van der Waals surface area contributed by atoms with Gasteiger partial charge in [-0.25, -0.2) is 0 Å². The van der Waals surface area contributed by atoms with E-state index in [4.69, 9.17) is 4.74 Å². The molecule has 6 heteroatoms. The second kappa shape index (κ2) is 11.0. The first-order chi connectivity index (χ1) is 13.0. The molecule has 2 amide bonds. The first-order valence-corrected chi connectivity index (χ1v) is 9.99. The number of nitrogens with one attached hydrogen (secondary N) is 2. The number of carbonyl (C=O) groups excluding carboxylic acids is 2. The van der Waals surface area contributed by atoms with Gasteiger partial charge in [0.25, 0.3) is 0 Å². The van der Waals surface area contributed by atoms with Gasteiger partial charge in [-0.15, -0.1) is 0 Å². The number of carbonyl (C=O) groups is 2. The number of nitrogens with zero attached hydrogens (tertiary/aromatic N) is 1. The van der Waals surface area contributed by atoms with Crippen molar-refractivity contribution < 1.29 is 14.3 Å². The summed E-state index contributed by atoms with van der Waals surface area (Å²) in [6, 6.07) is 7.58. The summed E-state index contributed by atoms with van der Waals surface area (Å²) in [7, 11) is 0. The minimum atomic E-state index is -0.209. The summed E-state index contributed by atoms with van der Waals surface area (Å²) >= 11 is 0. The monoisotopic (exact) mass is 375 g/mol. The van der Waals surface area contributed by atoms with Gasteiger partial charge in [0.05, 0.1) is 6.04 Å². The lowest BCUT2D eigenvalue weighted by Crippen LogP contribution is -2.48. The van der Waals surface area contributed by atoms with Crippen LogP contribution in [0.25, 0.3) is 0 Å². The molecule has 1 aliphatic heterocycles. The van der Waals surface area contributed by atoms with Crippen molar-refractivity contribution in [3.05, 3.63) is 29.8 Å². The number of ether oxygens (including phenoxy) is 1. The molecule has 1 aliphatic rings. The number of para-hydroxylation sites is 1. The van der Waals surface area contributed by atoms with Gasteiger partial charge in [-0.05, 0) is 64.8 Å². The maximum absolute atomic E-state index is 12.6. The Hall–Kier alpha value is -1.92. The molecule has 2 rings (SSSR count). The molecule has 0 aromatic heterocycles. The zero-order valence-electron chi connectivity index (χ0n) is 16.8. The summed E-state index contributed by atoms with van der Waals surface area (Å²) in [4.78, 5) is 27.0. The van der Waals surface area contributed by atoms with Crippen LogP contribution < -0.4 is 10.6 Å². The summed E-state index contributed by atoms with van der Waals surface area (Å²) in [5, 5.41) is 6.01. The van der Waals surface area contributed by atoms with Crippen molar-refractivity contribution in [2.75, 3.05) is 38.2 Å². The van der Waals surface area contributed by atoms with Gasteiger partial charge >= 0.3 is 0 Å². The molecule has 1 saturated heterocycles. The highest BCUT2D eigenvalue weighted by Crippen LogP contribution is 2.20. The molecular weight excluding hydrogens is 342 g/mol. The molecule has 1 unspecified atom stereocenters. The third-order valence-corrected chi connectivity index (χ3v) is 5.20. The fraction of sp³-hybridized carbons (Fsp3) is 0.619. The van der Waals surface area contributed by atoms with E-state index in [0.717, 1.165) is 43.6 Å². The molecule has 0 saturated carbocycles. The number of hydrogen-bond donors (Lipinski definition) is 2. The lowest BCUT2D eigenvalue weighted by atomic mass is 9.95. The van der Waals surface area contributed by atoms with Crippen LogP contribution >= 0.6 is 0 Å². The fourth-order valence-electron chi connectivity index (χ4n) is 3.34. The average Bonchev–Trinajstić information content (AvgIpc) is 2.69. The van der Waals surface area contributed by atoms with Crippen LogP contribution in [-0.4, -0.2) is 55.6 Å². The van der Waals surface area contributed by atoms with Crippen LogP contribution in [0.3, 0.4) is 0 Å². The standard InChI is InChI=1S/C21H33N3O3/c1-4-27-15-7-12-22-21(26)18-10-13-24(14-11-18)17(3)20(25)23-19-9-6-5-8-16(19)2/h5-6,8-9,17-18H,4,7,10-15H2,1-3H3,(H,22,26)(H,23,25). The molecule has 27 heavy (non-hydrogen) atoms. The largest absolute Gasteiger partial charge is 0.382 e. The number of aryl methyl sites for hydroxylation is 1. The quantitative estimate of drug-likeness (QED) is 0.651. The highest BCUT2D eigenvalue weighted by Gasteiger charge is 2.29. The highest BCUT2D eigenvalue weighted by atomic mass is 16.5. The van der Waals surface area contributed by atoms with Gasteiger partial charge in [0.1, 0.15) is 0 Å². The van der Waals surface area contributed by atoms with Crippen LogP contribution in [0.2, 0.25) is 0 Å². The van der Waals surface area contributed by atoms with Crippen LogP contribution in [0.5, 0.6) is 0 Å². The van der Waals surface area contributed by atoms with Crippen molar-refractivity contribution in [3.63, 3.8) is 0 Å². The number of hydrogen-bond acceptors (Lipinski definition) is 4. The van der Waals surface area contributed by atoms with Crippen molar-refractivity contribution in [1.29, 1.82) is 0 Å². The third kappa shape index (κ3) is 6.63. The van der Waals surface area contributed by atoms with Crippen LogP contribution in [0.1, 0.15) is 38.7 Å². The van der Waals surface area contributed by atoms with E-state index in [1.807, 2.05) is 45.0 Å². The molecule has 1 atom stereocenters. The van der Waals surface area contributed by atoms with Gasteiger partial charge in [-0.1, -0.05) is 18.2 Å². The maximum atomic E-state index is 12.6. The Labute approximate surface area is 162 Å². The number of piperidine rings is 1. The molecule has 0 spiro atoms. The molecule has 150 valence electrons. The van der Waals surface area contributed by atoms with Gasteiger partial charge in [0.15, 0.2) is 0 Å². The average molecular weight is 376 g/mol. The molecule has 1 aromatic rings. The molecule has 0 bridgehead atoms. The summed E-state index contributed by atoms with van der Waals surface area (Å²) in [5.41, 5.74) is 1.91. The smallest absolute Gasteiger partial charge is 0.241 e. The highest BCUT2D eigenvalue weighted by molar-refractivity contribution is 5.95. The van der Waals surface area contributed by atoms with Crippen molar-refractivity contribution in [3.8, 4) is 0 Å². The number of rotatable bonds is 9. The molecule has 2 N–H and O–H groups in total. The normalized spacial score (nSPS) is 16.7. The Bertz CT molecular complexity index is 612. The van der Waals surface area contributed by atoms with Gasteiger partial charge in [0.2, 0.25) is 11.8 Å². The van der Waals surface area contributed by atoms with E-state index in [0.29, 0.717) is 19.8 Å². The van der Waals surface area contributed by atoms with E-state index in [2.05, 4.69) is 15.5 Å². The second-order valence-electron chi connectivity index (χ2n) is 7.13. The Balaban J connectivity index is 1.73. The van der Waals surface area contributed by atoms with E-state index < -0.39 is 0 Å². The van der Waals surface area contributed by atoms with Crippen molar-refractivity contribution in [2.24, 2.45) is 5.92 Å². The van der Waals surface area contributed by atoms with Gasteiger partial charge in [0, 0.05) is 31.4 Å². The topological polar surface area (TPSA) is 70.7 Å². The summed E-state index contributed by atoms with van der Waals surface area (Å²) in [6.07, 6.45) is 2.42. The molecule has 1 fully saturated rings. The van der Waals surface area contributed by atoms with Crippen LogP contribution in [0.15, 0.2) is 24.3 Å². The maximum Gasteiger partial charge on any atom is 0.241 e. The van der Waals surface area contributed by atoms with E-state index in [1.165, 1.54) is 0 Å². The first-order valence-electron chi connectivity index (χ1n) is 9.99. The Morgan fingerprint density at radius 3 is 2.63 bits per heavy atom. The van der Waals surface area contributed by atoms with E-state index >= 15 is 0 Å². The minimum Gasteiger partial charge on any atom is -0.382 e. The SMILES string of the molecule is CCOCCCNC(=O)C1CCN(C(C)C(=O)Nc2ccccc2C)CC1. The lowest BCUT2D eigenvalue weighted by Gasteiger charge is -2.34. The van der Waals surface area contributed by atoms with E-state index in [-0.39, 0.29) is 23.8 Å². The molecule has 0 radical (unpaired) electrons. The summed E-state index contributed by atoms with van der Waals surface area (Å²) in [5.74, 6) is 0.172. The number of likely N-dealkylation sites (tertiary alicyclic amines) is 1. The number of amides is 2. The van der Waals surface area contributed by atoms with Crippen molar-refractivity contribution in [1.82, 2.24) is 10.2 Å². The van der Waals surface area contributed by atoms with Crippen LogP contribution in [-0.2, 0) is 14.3 Å². The Morgan fingerprint density at radius 2 is 1.96 bits per heavy atom. The number of benzene rings is 1. The van der Waals surface area contributed by atoms with E-state index in [1.54, 1.807) is 0 Å². The second-order valence-corrected chi connectivity index (χ2v) is 7.13. The molecule has 1 aromatic carbocycles. The summed E-state index contributed by atoms with van der Waals surface area (Å²) in [6.45, 7) is 9.47. The molecular formula is C21H33N3O3. The Morgan fingerprint density at radius 1 is 1.26 bits per heavy atom. The van der Waals surface area contributed by atoms with E-state index in [9.17, 15) is 9.59 Å². The number of anilines is 1. The van der Waals surface area contributed by atoms with Gasteiger partial charge in [-0.2, -0.15) is 0 Å². The summed E-state index contributed by atoms with van der Waals surface area (Å²) < 4.78 is 5.28. The third-order valence-electron chi connectivity index (χ3n) is 5.20. The minimum absolute atomic E-state index is 0.00289. The van der Waals surface area contributed by atoms with Gasteiger partial charge < -0.3 is 15.4 Å². The molecule has 6 nitrogen and oxygen atoms in total. The zero-order chi connectivity index (χ0) is 19.6. The van der Waals surface area contributed by atoms with Crippen molar-refractivity contribution in [2.45, 2.75) is 46.1 Å². The first kappa shape index (κ1) is 21.4. The Kier molecular flexibility index (Phi) is 8.75. The predicted octanol–water partition coefficient (Wildman–Crippen LogP) is 2.58. The predicted molar refractivity (Wildman–Crippen MR) is 108 cm³/mol. The van der Waals surface area contributed by atoms with Crippen LogP contribution in [0, 0.1) is 12.8 Å². The molecule has 0 aliphatic carbocycles. The fourth-order valence-corrected chi connectivity index (χ4v) is 3.34. The van der Waals surface area contributed by atoms with Gasteiger partial charge in [-0.3, -0.25) is 14.5 Å². The molecule has 1 heterocycles.